The quantitative estimate of drug-likeness (QED) is 0.907. The number of halogens is 3. The first-order valence-electron chi connectivity index (χ1n) is 7.46. The highest BCUT2D eigenvalue weighted by Gasteiger charge is 2.23. The molecule has 0 aliphatic rings. The topological polar surface area (TPSA) is 32.3 Å². The summed E-state index contributed by atoms with van der Waals surface area (Å²) < 4.78 is 41.3. The van der Waals surface area contributed by atoms with Crippen LogP contribution in [0.1, 0.15) is 27.5 Å². The smallest absolute Gasteiger partial charge is 0.251 e. The second-order valence-electron chi connectivity index (χ2n) is 5.78. The summed E-state index contributed by atoms with van der Waals surface area (Å²) >= 11 is 0. The average Bonchev–Trinajstić information content (AvgIpc) is 2.51. The minimum Gasteiger partial charge on any atom is -0.350 e. The number of amides is 1. The molecular weight excluding hydrogens is 317 g/mol. The molecule has 1 N–H and O–H groups in total. The molecule has 1 atom stereocenters. The van der Waals surface area contributed by atoms with Gasteiger partial charge in [0.1, 0.15) is 17.5 Å². The summed E-state index contributed by atoms with van der Waals surface area (Å²) in [6, 6.07) is 6.85. The molecule has 0 saturated carbocycles. The summed E-state index contributed by atoms with van der Waals surface area (Å²) in [4.78, 5) is 13.9. The van der Waals surface area contributed by atoms with Crippen molar-refractivity contribution in [1.29, 1.82) is 0 Å². The van der Waals surface area contributed by atoms with Crippen molar-refractivity contribution in [2.45, 2.75) is 13.0 Å². The van der Waals surface area contributed by atoms with Crippen LogP contribution in [0.25, 0.3) is 0 Å². The monoisotopic (exact) mass is 336 g/mol. The minimum atomic E-state index is -0.691. The van der Waals surface area contributed by atoms with Crippen LogP contribution in [0.3, 0.4) is 0 Å². The molecule has 2 aromatic rings. The van der Waals surface area contributed by atoms with Crippen molar-refractivity contribution in [3.05, 3.63) is 70.5 Å². The number of hydrogen-bond acceptors (Lipinski definition) is 2. The van der Waals surface area contributed by atoms with Crippen molar-refractivity contribution in [3.63, 3.8) is 0 Å². The summed E-state index contributed by atoms with van der Waals surface area (Å²) in [6.45, 7) is 1.67. The molecule has 128 valence electrons. The van der Waals surface area contributed by atoms with Gasteiger partial charge in [-0.15, -0.1) is 0 Å². The van der Waals surface area contributed by atoms with Crippen LogP contribution in [0.2, 0.25) is 0 Å². The number of benzene rings is 2. The molecular formula is C18H19F3N2O. The number of nitrogens with one attached hydrogen (secondary N) is 1. The lowest BCUT2D eigenvalue weighted by Crippen LogP contribution is -2.35. The van der Waals surface area contributed by atoms with E-state index in [1.165, 1.54) is 30.3 Å². The van der Waals surface area contributed by atoms with Gasteiger partial charge in [-0.05, 0) is 50.8 Å². The van der Waals surface area contributed by atoms with E-state index in [-0.39, 0.29) is 17.7 Å². The Labute approximate surface area is 139 Å². The predicted octanol–water partition coefficient (Wildman–Crippen LogP) is 3.45. The van der Waals surface area contributed by atoms with Crippen molar-refractivity contribution < 1.29 is 18.0 Å². The van der Waals surface area contributed by atoms with E-state index in [0.717, 1.165) is 6.07 Å². The third-order valence-corrected chi connectivity index (χ3v) is 3.86. The van der Waals surface area contributed by atoms with Gasteiger partial charge in [0.05, 0.1) is 6.04 Å². The van der Waals surface area contributed by atoms with Crippen molar-refractivity contribution in [3.8, 4) is 0 Å². The summed E-state index contributed by atoms with van der Waals surface area (Å²) in [5.41, 5.74) is 0.702. The summed E-state index contributed by atoms with van der Waals surface area (Å²) in [5.74, 6) is -2.36. The first kappa shape index (κ1) is 18.0. The SMILES string of the molecule is Cc1ccc(F)cc1C(=O)NCC(c1c(F)cccc1F)N(C)C. The van der Waals surface area contributed by atoms with E-state index >= 15 is 0 Å². The van der Waals surface area contributed by atoms with Crippen LogP contribution in [0, 0.1) is 24.4 Å². The van der Waals surface area contributed by atoms with Gasteiger partial charge in [-0.3, -0.25) is 4.79 Å². The molecule has 2 rings (SSSR count). The van der Waals surface area contributed by atoms with Gasteiger partial charge in [-0.25, -0.2) is 13.2 Å². The van der Waals surface area contributed by atoms with E-state index in [0.29, 0.717) is 5.56 Å². The lowest BCUT2D eigenvalue weighted by molar-refractivity contribution is 0.0939. The maximum Gasteiger partial charge on any atom is 0.251 e. The van der Waals surface area contributed by atoms with Crippen LogP contribution >= 0.6 is 0 Å². The fourth-order valence-electron chi connectivity index (χ4n) is 2.50. The molecule has 0 bridgehead atoms. The molecule has 0 aliphatic heterocycles. The fraction of sp³-hybridized carbons (Fsp3) is 0.278. The molecule has 3 nitrogen and oxygen atoms in total. The second-order valence-corrected chi connectivity index (χ2v) is 5.78. The largest absolute Gasteiger partial charge is 0.350 e. The van der Waals surface area contributed by atoms with Crippen LogP contribution in [-0.2, 0) is 0 Å². The second kappa shape index (κ2) is 7.49. The van der Waals surface area contributed by atoms with Crippen molar-refractivity contribution >= 4 is 5.91 Å². The maximum atomic E-state index is 14.0. The summed E-state index contributed by atoms with van der Waals surface area (Å²) in [6.07, 6.45) is 0. The molecule has 6 heteroatoms. The van der Waals surface area contributed by atoms with E-state index in [4.69, 9.17) is 0 Å². The minimum absolute atomic E-state index is 0.0142. The van der Waals surface area contributed by atoms with Gasteiger partial charge in [0.15, 0.2) is 0 Å². The third-order valence-electron chi connectivity index (χ3n) is 3.86. The Morgan fingerprint density at radius 3 is 2.33 bits per heavy atom. The third kappa shape index (κ3) is 3.94. The molecule has 0 spiro atoms. The Morgan fingerprint density at radius 1 is 1.12 bits per heavy atom. The first-order chi connectivity index (χ1) is 11.3. The number of nitrogens with zero attached hydrogens (tertiary/aromatic N) is 1. The van der Waals surface area contributed by atoms with Gasteiger partial charge >= 0.3 is 0 Å². The molecule has 0 fully saturated rings. The van der Waals surface area contributed by atoms with Crippen LogP contribution in [0.5, 0.6) is 0 Å². The van der Waals surface area contributed by atoms with Gasteiger partial charge in [0.25, 0.3) is 5.91 Å². The van der Waals surface area contributed by atoms with Crippen molar-refractivity contribution in [1.82, 2.24) is 10.2 Å². The Hall–Kier alpha value is -2.34. The Morgan fingerprint density at radius 2 is 1.75 bits per heavy atom. The molecule has 0 saturated heterocycles. The standard InChI is InChI=1S/C18H19F3N2O/c1-11-7-8-12(19)9-13(11)18(24)22-10-16(23(2)3)17-14(20)5-4-6-15(17)21/h4-9,16H,10H2,1-3H3,(H,22,24). The van der Waals surface area contributed by atoms with Gasteiger partial charge in [-0.2, -0.15) is 0 Å². The molecule has 0 aliphatic carbocycles. The Balaban J connectivity index is 2.21. The lowest BCUT2D eigenvalue weighted by atomic mass is 10.0. The lowest BCUT2D eigenvalue weighted by Gasteiger charge is -2.26. The van der Waals surface area contributed by atoms with Crippen molar-refractivity contribution in [2.75, 3.05) is 20.6 Å². The first-order valence-corrected chi connectivity index (χ1v) is 7.46. The molecule has 0 radical (unpaired) electrons. The van der Waals surface area contributed by atoms with E-state index in [1.54, 1.807) is 25.9 Å². The van der Waals surface area contributed by atoms with E-state index in [2.05, 4.69) is 5.32 Å². The van der Waals surface area contributed by atoms with E-state index in [1.807, 2.05) is 0 Å². The zero-order valence-corrected chi connectivity index (χ0v) is 13.7. The number of carbonyl (C=O) groups is 1. The normalized spacial score (nSPS) is 12.3. The highest BCUT2D eigenvalue weighted by atomic mass is 19.1. The number of hydrogen-bond donors (Lipinski definition) is 1. The van der Waals surface area contributed by atoms with Gasteiger partial charge in [0, 0.05) is 17.7 Å². The van der Waals surface area contributed by atoms with Gasteiger partial charge < -0.3 is 10.2 Å². The van der Waals surface area contributed by atoms with Crippen molar-refractivity contribution in [2.24, 2.45) is 0 Å². The average molecular weight is 336 g/mol. The Bertz CT molecular complexity index is 727. The highest BCUT2D eigenvalue weighted by Crippen LogP contribution is 2.24. The molecule has 0 aromatic heterocycles. The molecule has 1 unspecified atom stereocenters. The Kier molecular flexibility index (Phi) is 5.62. The number of likely N-dealkylation sites (N-methyl/N-ethyl adjacent to an activating group) is 1. The van der Waals surface area contributed by atoms with Crippen LogP contribution in [0.15, 0.2) is 36.4 Å². The predicted molar refractivity (Wildman–Crippen MR) is 86.3 cm³/mol. The summed E-state index contributed by atoms with van der Waals surface area (Å²) in [7, 11) is 3.33. The number of aryl methyl sites for hydroxylation is 1. The summed E-state index contributed by atoms with van der Waals surface area (Å²) in [5, 5.41) is 2.62. The molecule has 24 heavy (non-hydrogen) atoms. The highest BCUT2D eigenvalue weighted by molar-refractivity contribution is 5.95. The molecule has 2 aromatic carbocycles. The van der Waals surface area contributed by atoms with E-state index in [9.17, 15) is 18.0 Å². The van der Waals surface area contributed by atoms with Gasteiger partial charge in [-0.1, -0.05) is 12.1 Å². The van der Waals surface area contributed by atoms with Crippen LogP contribution in [0.4, 0.5) is 13.2 Å². The zero-order valence-electron chi connectivity index (χ0n) is 13.7. The maximum absolute atomic E-state index is 14.0. The number of rotatable bonds is 5. The zero-order chi connectivity index (χ0) is 17.9. The molecule has 0 heterocycles. The van der Waals surface area contributed by atoms with Gasteiger partial charge in [0.2, 0.25) is 0 Å². The van der Waals surface area contributed by atoms with Crippen LogP contribution in [-0.4, -0.2) is 31.4 Å². The fourth-order valence-corrected chi connectivity index (χ4v) is 2.50. The van der Waals surface area contributed by atoms with E-state index < -0.39 is 29.4 Å². The van der Waals surface area contributed by atoms with Crippen LogP contribution < -0.4 is 5.32 Å². The number of carbonyl (C=O) groups excluding carboxylic acids is 1. The molecule has 1 amide bonds.